The van der Waals surface area contributed by atoms with Crippen LogP contribution >= 0.6 is 50.7 Å². The van der Waals surface area contributed by atoms with Gasteiger partial charge in [0.1, 0.15) is 10.7 Å². The van der Waals surface area contributed by atoms with E-state index in [0.717, 1.165) is 21.5 Å². The molecule has 188 valence electrons. The van der Waals surface area contributed by atoms with Gasteiger partial charge in [-0.2, -0.15) is 13.9 Å². The number of benzene rings is 2. The Labute approximate surface area is 232 Å². The summed E-state index contributed by atoms with van der Waals surface area (Å²) in [6.07, 6.45) is 3.13. The van der Waals surface area contributed by atoms with Gasteiger partial charge in [0.15, 0.2) is 5.65 Å². The summed E-state index contributed by atoms with van der Waals surface area (Å²) in [7, 11) is -3.68. The van der Waals surface area contributed by atoms with Crippen LogP contribution in [0.4, 0.5) is 5.82 Å². The highest BCUT2D eigenvalue weighted by molar-refractivity contribution is 9.10. The van der Waals surface area contributed by atoms with Gasteiger partial charge in [-0.1, -0.05) is 53.0 Å². The molecule has 4 aromatic rings. The molecule has 36 heavy (non-hydrogen) atoms. The Balaban J connectivity index is 1.30. The van der Waals surface area contributed by atoms with Crippen molar-refractivity contribution >= 4 is 72.2 Å². The Morgan fingerprint density at radius 1 is 1.03 bits per heavy atom. The molecule has 1 saturated heterocycles. The minimum Gasteiger partial charge on any atom is -0.370 e. The Morgan fingerprint density at radius 2 is 1.78 bits per heavy atom. The lowest BCUT2D eigenvalue weighted by Crippen LogP contribution is -2.40. The van der Waals surface area contributed by atoms with Gasteiger partial charge in [-0.15, -0.1) is 0 Å². The molecule has 3 heterocycles. The number of aromatic nitrogens is 3. The summed E-state index contributed by atoms with van der Waals surface area (Å²) in [6, 6.07) is 13.9. The van der Waals surface area contributed by atoms with E-state index in [1.165, 1.54) is 22.5 Å². The molecule has 12 heteroatoms. The topological polar surface area (TPSA) is 79.6 Å². The number of rotatable bonds is 6. The van der Waals surface area contributed by atoms with Crippen LogP contribution in [-0.2, 0) is 10.0 Å². The summed E-state index contributed by atoms with van der Waals surface area (Å²) in [5.41, 5.74) is 2.24. The standard InChI is InChI=1S/C24H21BrCl3N5O2S/c25-18-14-30-33-23(12-21(31-24(18)33)17-3-1-2-4-19(17)27)29-13-15-7-9-32(10-8-15)36(34,35)22-6-5-16(26)11-20(22)28/h1-6,11-12,14-15,29H,7-10,13H2. The first-order valence-electron chi connectivity index (χ1n) is 11.2. The molecule has 1 N–H and O–H groups in total. The number of hydrogen-bond donors (Lipinski definition) is 1. The van der Waals surface area contributed by atoms with Crippen molar-refractivity contribution in [1.82, 2.24) is 18.9 Å². The fourth-order valence-corrected chi connectivity index (χ4v) is 7.09. The van der Waals surface area contributed by atoms with Crippen molar-refractivity contribution in [1.29, 1.82) is 0 Å². The number of piperidine rings is 1. The fraction of sp³-hybridized carbons (Fsp3) is 0.250. The summed E-state index contributed by atoms with van der Waals surface area (Å²) in [6.45, 7) is 1.49. The second-order valence-corrected chi connectivity index (χ2v) is 12.5. The smallest absolute Gasteiger partial charge is 0.244 e. The van der Waals surface area contributed by atoms with Crippen molar-refractivity contribution in [2.24, 2.45) is 5.92 Å². The van der Waals surface area contributed by atoms with Crippen LogP contribution in [0.1, 0.15) is 12.8 Å². The van der Waals surface area contributed by atoms with E-state index in [2.05, 4.69) is 26.3 Å². The molecule has 0 spiro atoms. The molecule has 0 amide bonds. The van der Waals surface area contributed by atoms with Crippen LogP contribution in [-0.4, -0.2) is 47.0 Å². The number of halogens is 4. The molecule has 0 aliphatic carbocycles. The average molecular weight is 630 g/mol. The molecule has 1 fully saturated rings. The highest BCUT2D eigenvalue weighted by Crippen LogP contribution is 2.32. The first-order valence-corrected chi connectivity index (χ1v) is 14.6. The van der Waals surface area contributed by atoms with E-state index in [1.54, 1.807) is 10.7 Å². The highest BCUT2D eigenvalue weighted by atomic mass is 79.9. The molecule has 5 rings (SSSR count). The van der Waals surface area contributed by atoms with Gasteiger partial charge in [0.2, 0.25) is 10.0 Å². The number of nitrogens with one attached hydrogen (secondary N) is 1. The van der Waals surface area contributed by atoms with Crippen LogP contribution in [0, 0.1) is 5.92 Å². The van der Waals surface area contributed by atoms with Crippen molar-refractivity contribution in [3.63, 3.8) is 0 Å². The number of hydrogen-bond acceptors (Lipinski definition) is 5. The van der Waals surface area contributed by atoms with E-state index in [4.69, 9.17) is 39.8 Å². The summed E-state index contributed by atoms with van der Waals surface area (Å²) < 4.78 is 30.2. The van der Waals surface area contributed by atoms with Gasteiger partial charge in [0.05, 0.1) is 21.4 Å². The zero-order valence-corrected chi connectivity index (χ0v) is 23.5. The summed E-state index contributed by atoms with van der Waals surface area (Å²) >= 11 is 22.0. The summed E-state index contributed by atoms with van der Waals surface area (Å²) in [5, 5.41) is 9.07. The van der Waals surface area contributed by atoms with Crippen molar-refractivity contribution in [2.45, 2.75) is 17.7 Å². The minimum atomic E-state index is -3.68. The minimum absolute atomic E-state index is 0.0840. The quantitative estimate of drug-likeness (QED) is 0.259. The Bertz CT molecular complexity index is 1540. The number of sulfonamides is 1. The van der Waals surface area contributed by atoms with Crippen LogP contribution in [0.5, 0.6) is 0 Å². The Morgan fingerprint density at radius 3 is 2.50 bits per heavy atom. The third-order valence-electron chi connectivity index (χ3n) is 6.24. The molecular weight excluding hydrogens is 609 g/mol. The van der Waals surface area contributed by atoms with Crippen molar-refractivity contribution < 1.29 is 8.42 Å². The van der Waals surface area contributed by atoms with Crippen molar-refractivity contribution in [3.05, 3.63) is 74.3 Å². The lowest BCUT2D eigenvalue weighted by molar-refractivity contribution is 0.282. The van der Waals surface area contributed by atoms with Crippen molar-refractivity contribution in [3.8, 4) is 11.3 Å². The summed E-state index contributed by atoms with van der Waals surface area (Å²) in [5.74, 6) is 1.06. The lowest BCUT2D eigenvalue weighted by Gasteiger charge is -2.31. The van der Waals surface area contributed by atoms with Crippen LogP contribution in [0.15, 0.2) is 64.1 Å². The molecule has 2 aromatic carbocycles. The fourth-order valence-electron chi connectivity index (χ4n) is 4.30. The van der Waals surface area contributed by atoms with E-state index >= 15 is 0 Å². The first kappa shape index (κ1) is 25.8. The van der Waals surface area contributed by atoms with Gasteiger partial charge in [-0.25, -0.2) is 13.4 Å². The van der Waals surface area contributed by atoms with Gasteiger partial charge >= 0.3 is 0 Å². The van der Waals surface area contributed by atoms with Gasteiger partial charge in [-0.05, 0) is 59.0 Å². The van der Waals surface area contributed by atoms with Gasteiger partial charge in [0, 0.05) is 41.3 Å². The predicted molar refractivity (Wildman–Crippen MR) is 148 cm³/mol. The Hall–Kier alpha value is -1.88. The van der Waals surface area contributed by atoms with Crippen LogP contribution in [0.3, 0.4) is 0 Å². The maximum atomic E-state index is 13.1. The van der Waals surface area contributed by atoms with E-state index in [-0.39, 0.29) is 15.8 Å². The second-order valence-electron chi connectivity index (χ2n) is 8.54. The molecule has 1 aliphatic rings. The third kappa shape index (κ3) is 5.10. The predicted octanol–water partition coefficient (Wildman–Crippen LogP) is 6.63. The first-order chi connectivity index (χ1) is 17.2. The molecule has 0 unspecified atom stereocenters. The van der Waals surface area contributed by atoms with E-state index < -0.39 is 10.0 Å². The van der Waals surface area contributed by atoms with Gasteiger partial charge < -0.3 is 5.32 Å². The van der Waals surface area contributed by atoms with Gasteiger partial charge in [0.25, 0.3) is 0 Å². The Kier molecular flexibility index (Phi) is 7.49. The normalized spacial score (nSPS) is 15.4. The molecule has 1 aliphatic heterocycles. The van der Waals surface area contributed by atoms with Crippen LogP contribution < -0.4 is 5.32 Å². The largest absolute Gasteiger partial charge is 0.370 e. The molecule has 0 saturated carbocycles. The third-order valence-corrected chi connectivity index (χ3v) is 9.74. The lowest BCUT2D eigenvalue weighted by atomic mass is 9.98. The highest BCUT2D eigenvalue weighted by Gasteiger charge is 2.31. The maximum Gasteiger partial charge on any atom is 0.244 e. The summed E-state index contributed by atoms with van der Waals surface area (Å²) in [4.78, 5) is 4.82. The molecule has 0 atom stereocenters. The number of fused-ring (bicyclic) bond motifs is 1. The average Bonchev–Trinajstić information content (AvgIpc) is 3.23. The van der Waals surface area contributed by atoms with Crippen molar-refractivity contribution in [2.75, 3.05) is 25.0 Å². The van der Waals surface area contributed by atoms with Gasteiger partial charge in [-0.3, -0.25) is 0 Å². The molecule has 7 nitrogen and oxygen atoms in total. The zero-order chi connectivity index (χ0) is 25.4. The second kappa shape index (κ2) is 10.5. The number of anilines is 1. The van der Waals surface area contributed by atoms with E-state index in [0.29, 0.717) is 48.2 Å². The SMILES string of the molecule is O=S(=O)(c1ccc(Cl)cc1Cl)N1CCC(CNc2cc(-c3ccccc3Cl)nc3c(Br)cnn23)CC1. The molecular formula is C24H21BrCl3N5O2S. The molecule has 0 radical (unpaired) electrons. The number of nitrogens with zero attached hydrogens (tertiary/aromatic N) is 4. The van der Waals surface area contributed by atoms with Crippen LogP contribution in [0.2, 0.25) is 15.1 Å². The molecule has 2 aromatic heterocycles. The van der Waals surface area contributed by atoms with E-state index in [9.17, 15) is 8.42 Å². The molecule has 0 bridgehead atoms. The zero-order valence-electron chi connectivity index (χ0n) is 18.8. The monoisotopic (exact) mass is 627 g/mol. The maximum absolute atomic E-state index is 13.1. The van der Waals surface area contributed by atoms with Crippen LogP contribution in [0.25, 0.3) is 16.9 Å². The van der Waals surface area contributed by atoms with E-state index in [1.807, 2.05) is 30.3 Å².